The number of hydrogen-bond acceptors (Lipinski definition) is 1. The summed E-state index contributed by atoms with van der Waals surface area (Å²) in [7, 11) is 0. The molecule has 0 aliphatic heterocycles. The van der Waals surface area contributed by atoms with Gasteiger partial charge >= 0.3 is 0 Å². The molecule has 0 aliphatic rings. The largest absolute Gasteiger partial charge is 0.356 e. The maximum atomic E-state index is 5.41. The maximum absolute atomic E-state index is 5.41. The van der Waals surface area contributed by atoms with Crippen LogP contribution in [0.1, 0.15) is 30.5 Å². The van der Waals surface area contributed by atoms with Crippen LogP contribution in [0.3, 0.4) is 0 Å². The predicted octanol–water partition coefficient (Wildman–Crippen LogP) is 5.20. The Balaban J connectivity index is 2.01. The Kier molecular flexibility index (Phi) is 5.76. The van der Waals surface area contributed by atoms with E-state index in [0.29, 0.717) is 5.11 Å². The van der Waals surface area contributed by atoms with Crippen molar-refractivity contribution in [3.05, 3.63) is 64.1 Å². The quantitative estimate of drug-likeness (QED) is 0.731. The second kappa shape index (κ2) is 7.57. The average molecular weight is 363 g/mol. The number of anilines is 1. The maximum Gasteiger partial charge on any atom is 0.171 e. The number of rotatable bonds is 4. The lowest BCUT2D eigenvalue weighted by Gasteiger charge is -2.20. The zero-order valence-corrected chi connectivity index (χ0v) is 14.6. The predicted molar refractivity (Wildman–Crippen MR) is 97.7 cm³/mol. The van der Waals surface area contributed by atoms with Crippen molar-refractivity contribution in [3.63, 3.8) is 0 Å². The van der Waals surface area contributed by atoms with E-state index in [1.807, 2.05) is 24.3 Å². The molecule has 0 aliphatic carbocycles. The number of aryl methyl sites for hydroxylation is 1. The van der Waals surface area contributed by atoms with Gasteiger partial charge in [-0.1, -0.05) is 58.7 Å². The monoisotopic (exact) mass is 362 g/mol. The molecule has 0 saturated carbocycles. The van der Waals surface area contributed by atoms with Crippen molar-refractivity contribution in [2.45, 2.75) is 26.3 Å². The zero-order chi connectivity index (χ0) is 15.2. The van der Waals surface area contributed by atoms with Crippen LogP contribution < -0.4 is 10.6 Å². The third-order valence-electron chi connectivity index (χ3n) is 3.28. The average Bonchev–Trinajstić information content (AvgIpc) is 2.46. The molecule has 2 rings (SSSR count). The van der Waals surface area contributed by atoms with Crippen molar-refractivity contribution >= 4 is 38.9 Å². The molecule has 2 aromatic rings. The molecule has 2 aromatic carbocycles. The third kappa shape index (κ3) is 4.83. The number of nitrogens with one attached hydrogen (secondary N) is 2. The van der Waals surface area contributed by atoms with E-state index in [1.165, 1.54) is 11.1 Å². The molecule has 2 N–H and O–H groups in total. The normalized spacial score (nSPS) is 11.8. The van der Waals surface area contributed by atoms with Gasteiger partial charge in [0.25, 0.3) is 0 Å². The highest BCUT2D eigenvalue weighted by atomic mass is 79.9. The van der Waals surface area contributed by atoms with Gasteiger partial charge < -0.3 is 10.6 Å². The van der Waals surface area contributed by atoms with E-state index in [2.05, 4.69) is 64.7 Å². The van der Waals surface area contributed by atoms with Crippen LogP contribution in [0.25, 0.3) is 0 Å². The van der Waals surface area contributed by atoms with Gasteiger partial charge in [0.1, 0.15) is 0 Å². The highest BCUT2D eigenvalue weighted by Gasteiger charge is 2.10. The van der Waals surface area contributed by atoms with Crippen LogP contribution in [0.4, 0.5) is 5.69 Å². The van der Waals surface area contributed by atoms with E-state index in [4.69, 9.17) is 12.2 Å². The van der Waals surface area contributed by atoms with E-state index in [-0.39, 0.29) is 6.04 Å². The number of benzene rings is 2. The summed E-state index contributed by atoms with van der Waals surface area (Å²) in [5.74, 6) is 0. The van der Waals surface area contributed by atoms with Gasteiger partial charge in [0, 0.05) is 10.2 Å². The molecule has 0 amide bonds. The summed E-state index contributed by atoms with van der Waals surface area (Å²) in [6, 6.07) is 16.7. The summed E-state index contributed by atoms with van der Waals surface area (Å²) >= 11 is 8.87. The van der Waals surface area contributed by atoms with Crippen molar-refractivity contribution < 1.29 is 0 Å². The van der Waals surface area contributed by atoms with Crippen LogP contribution in [0, 0.1) is 6.92 Å². The topological polar surface area (TPSA) is 24.1 Å². The van der Waals surface area contributed by atoms with Crippen LogP contribution in [0.2, 0.25) is 0 Å². The summed E-state index contributed by atoms with van der Waals surface area (Å²) in [6.07, 6.45) is 0.976. The molecule has 110 valence electrons. The SMILES string of the molecule is CC[C@H](NC(=S)Nc1cccc(Br)c1)c1ccc(C)cc1. The van der Waals surface area contributed by atoms with Crippen molar-refractivity contribution in [1.29, 1.82) is 0 Å². The lowest BCUT2D eigenvalue weighted by Crippen LogP contribution is -2.32. The van der Waals surface area contributed by atoms with E-state index < -0.39 is 0 Å². The van der Waals surface area contributed by atoms with Gasteiger partial charge in [-0.3, -0.25) is 0 Å². The van der Waals surface area contributed by atoms with Crippen LogP contribution in [0.5, 0.6) is 0 Å². The van der Waals surface area contributed by atoms with E-state index in [0.717, 1.165) is 16.6 Å². The molecule has 0 heterocycles. The van der Waals surface area contributed by atoms with E-state index in [9.17, 15) is 0 Å². The van der Waals surface area contributed by atoms with Crippen LogP contribution in [0.15, 0.2) is 53.0 Å². The highest BCUT2D eigenvalue weighted by Crippen LogP contribution is 2.19. The fourth-order valence-electron chi connectivity index (χ4n) is 2.11. The summed E-state index contributed by atoms with van der Waals surface area (Å²) < 4.78 is 1.03. The summed E-state index contributed by atoms with van der Waals surface area (Å²) in [5.41, 5.74) is 3.49. The molecule has 21 heavy (non-hydrogen) atoms. The first-order valence-electron chi connectivity index (χ1n) is 6.98. The Hall–Kier alpha value is -1.39. The molecule has 0 bridgehead atoms. The van der Waals surface area contributed by atoms with E-state index >= 15 is 0 Å². The molecule has 0 saturated heterocycles. The fourth-order valence-corrected chi connectivity index (χ4v) is 2.77. The summed E-state index contributed by atoms with van der Waals surface area (Å²) in [6.45, 7) is 4.25. The summed E-state index contributed by atoms with van der Waals surface area (Å²) in [4.78, 5) is 0. The lowest BCUT2D eigenvalue weighted by molar-refractivity contribution is 0.629. The Morgan fingerprint density at radius 2 is 1.90 bits per heavy atom. The second-order valence-corrected chi connectivity index (χ2v) is 6.30. The van der Waals surface area contributed by atoms with Gasteiger partial charge in [0.15, 0.2) is 5.11 Å². The number of thiocarbonyl (C=S) groups is 1. The Morgan fingerprint density at radius 1 is 1.19 bits per heavy atom. The highest BCUT2D eigenvalue weighted by molar-refractivity contribution is 9.10. The molecule has 1 atom stereocenters. The minimum atomic E-state index is 0.220. The minimum Gasteiger partial charge on any atom is -0.356 e. The van der Waals surface area contributed by atoms with Gasteiger partial charge in [0.2, 0.25) is 0 Å². The Bertz CT molecular complexity index is 610. The van der Waals surface area contributed by atoms with E-state index in [1.54, 1.807) is 0 Å². The van der Waals surface area contributed by atoms with Crippen molar-refractivity contribution in [3.8, 4) is 0 Å². The molecular weight excluding hydrogens is 344 g/mol. The van der Waals surface area contributed by atoms with Crippen molar-refractivity contribution in [1.82, 2.24) is 5.32 Å². The van der Waals surface area contributed by atoms with Gasteiger partial charge in [0.05, 0.1) is 6.04 Å². The van der Waals surface area contributed by atoms with Gasteiger partial charge in [-0.25, -0.2) is 0 Å². The first kappa shape index (κ1) is 16.0. The van der Waals surface area contributed by atoms with Crippen molar-refractivity contribution in [2.75, 3.05) is 5.32 Å². The lowest BCUT2D eigenvalue weighted by atomic mass is 10.0. The minimum absolute atomic E-state index is 0.220. The first-order valence-corrected chi connectivity index (χ1v) is 8.18. The molecular formula is C17H19BrN2S. The second-order valence-electron chi connectivity index (χ2n) is 4.98. The fraction of sp³-hybridized carbons (Fsp3) is 0.235. The molecule has 0 aromatic heterocycles. The Morgan fingerprint density at radius 3 is 2.52 bits per heavy atom. The summed E-state index contributed by atoms with van der Waals surface area (Å²) in [5, 5.41) is 7.23. The molecule has 4 heteroatoms. The standard InChI is InChI=1S/C17H19BrN2S/c1-3-16(13-9-7-12(2)8-10-13)20-17(21)19-15-6-4-5-14(18)11-15/h4-11,16H,3H2,1-2H3,(H2,19,20,21)/t16-/m0/s1. The molecule has 0 unspecified atom stereocenters. The third-order valence-corrected chi connectivity index (χ3v) is 3.99. The van der Waals surface area contributed by atoms with Crippen molar-refractivity contribution in [2.24, 2.45) is 0 Å². The van der Waals surface area contributed by atoms with Gasteiger partial charge in [-0.2, -0.15) is 0 Å². The number of halogens is 1. The Labute approximate surface area is 140 Å². The first-order chi connectivity index (χ1) is 10.1. The van der Waals surface area contributed by atoms with Gasteiger partial charge in [-0.05, 0) is 49.3 Å². The van der Waals surface area contributed by atoms with Crippen LogP contribution in [-0.2, 0) is 0 Å². The van der Waals surface area contributed by atoms with Gasteiger partial charge in [-0.15, -0.1) is 0 Å². The molecule has 2 nitrogen and oxygen atoms in total. The number of hydrogen-bond donors (Lipinski definition) is 2. The van der Waals surface area contributed by atoms with Crippen LogP contribution in [-0.4, -0.2) is 5.11 Å². The molecule has 0 radical (unpaired) electrons. The zero-order valence-electron chi connectivity index (χ0n) is 12.2. The molecule has 0 fully saturated rings. The van der Waals surface area contributed by atoms with Crippen LogP contribution >= 0.6 is 28.1 Å². The molecule has 0 spiro atoms. The smallest absolute Gasteiger partial charge is 0.171 e.